The van der Waals surface area contributed by atoms with Crippen LogP contribution in [0.5, 0.6) is 5.75 Å². The van der Waals surface area contributed by atoms with E-state index < -0.39 is 15.9 Å². The minimum absolute atomic E-state index is 0.0389. The first-order valence-electron chi connectivity index (χ1n) is 10.5. The van der Waals surface area contributed by atoms with Gasteiger partial charge in [-0.2, -0.15) is 4.31 Å². The van der Waals surface area contributed by atoms with E-state index in [-0.39, 0.29) is 34.7 Å². The molecular weight excluding hydrogens is 406 g/mol. The standard InChI is InChI=1S/C21H33N3O5S/c1-5-23(15-20(25)22-16(2)3)21(26)18-14-17(10-11-19(18)29-4)30(27,28)24-12-8-6-7-9-13-24/h10-11,14,16H,5-9,12-13,15H2,1-4H3,(H,22,25). The summed E-state index contributed by atoms with van der Waals surface area (Å²) in [5.74, 6) is -0.439. The molecule has 1 saturated heterocycles. The molecule has 9 heteroatoms. The summed E-state index contributed by atoms with van der Waals surface area (Å²) in [6.45, 7) is 6.61. The molecule has 1 aromatic rings. The fourth-order valence-corrected chi connectivity index (χ4v) is 5.03. The number of benzene rings is 1. The van der Waals surface area contributed by atoms with E-state index in [0.717, 1.165) is 25.7 Å². The Balaban J connectivity index is 2.34. The van der Waals surface area contributed by atoms with E-state index in [1.165, 1.54) is 34.5 Å². The lowest BCUT2D eigenvalue weighted by Crippen LogP contribution is -2.42. The van der Waals surface area contributed by atoms with E-state index in [1.54, 1.807) is 6.92 Å². The summed E-state index contributed by atoms with van der Waals surface area (Å²) < 4.78 is 33.1. The molecule has 30 heavy (non-hydrogen) atoms. The van der Waals surface area contributed by atoms with Gasteiger partial charge in [-0.15, -0.1) is 0 Å². The number of hydrogen-bond acceptors (Lipinski definition) is 5. The largest absolute Gasteiger partial charge is 0.496 e. The third-order valence-corrected chi connectivity index (χ3v) is 6.95. The number of rotatable bonds is 8. The molecule has 2 amide bonds. The van der Waals surface area contributed by atoms with Gasteiger partial charge < -0.3 is 15.0 Å². The van der Waals surface area contributed by atoms with E-state index in [4.69, 9.17) is 4.74 Å². The van der Waals surface area contributed by atoms with E-state index in [9.17, 15) is 18.0 Å². The molecule has 1 N–H and O–H groups in total. The van der Waals surface area contributed by atoms with Gasteiger partial charge in [0.25, 0.3) is 5.91 Å². The Bertz CT molecular complexity index is 846. The zero-order valence-electron chi connectivity index (χ0n) is 18.3. The minimum atomic E-state index is -3.71. The molecule has 0 unspecified atom stereocenters. The lowest BCUT2D eigenvalue weighted by molar-refractivity contribution is -0.122. The van der Waals surface area contributed by atoms with Crippen molar-refractivity contribution in [3.63, 3.8) is 0 Å². The van der Waals surface area contributed by atoms with E-state index >= 15 is 0 Å². The third-order valence-electron chi connectivity index (χ3n) is 5.06. The van der Waals surface area contributed by atoms with Crippen LogP contribution < -0.4 is 10.1 Å². The predicted octanol–water partition coefficient (Wildman–Crippen LogP) is 2.25. The topological polar surface area (TPSA) is 96.0 Å². The van der Waals surface area contributed by atoms with Crippen LogP contribution in [-0.4, -0.2) is 68.8 Å². The molecule has 1 fully saturated rings. The number of nitrogens with zero attached hydrogens (tertiary/aromatic N) is 2. The zero-order chi connectivity index (χ0) is 22.3. The van der Waals surface area contributed by atoms with Gasteiger partial charge in [0.2, 0.25) is 15.9 Å². The van der Waals surface area contributed by atoms with Gasteiger partial charge in [0.15, 0.2) is 0 Å². The summed E-state index contributed by atoms with van der Waals surface area (Å²) in [4.78, 5) is 26.7. The van der Waals surface area contributed by atoms with Crippen LogP contribution in [0.25, 0.3) is 0 Å². The molecule has 0 radical (unpaired) electrons. The highest BCUT2D eigenvalue weighted by molar-refractivity contribution is 7.89. The maximum absolute atomic E-state index is 13.1. The van der Waals surface area contributed by atoms with Gasteiger partial charge in [0.05, 0.1) is 24.1 Å². The summed E-state index contributed by atoms with van der Waals surface area (Å²) >= 11 is 0. The average molecular weight is 440 g/mol. The summed E-state index contributed by atoms with van der Waals surface area (Å²) in [5.41, 5.74) is 0.132. The molecule has 1 heterocycles. The molecule has 0 saturated carbocycles. The maximum Gasteiger partial charge on any atom is 0.258 e. The molecule has 0 aliphatic carbocycles. The number of carbonyl (C=O) groups is 2. The monoisotopic (exact) mass is 439 g/mol. The van der Waals surface area contributed by atoms with Crippen molar-refractivity contribution in [3.05, 3.63) is 23.8 Å². The Labute approximate surface area is 179 Å². The maximum atomic E-state index is 13.1. The highest BCUT2D eigenvalue weighted by Crippen LogP contribution is 2.27. The Hall–Kier alpha value is -2.13. The molecule has 8 nitrogen and oxygen atoms in total. The zero-order valence-corrected chi connectivity index (χ0v) is 19.1. The van der Waals surface area contributed by atoms with Crippen LogP contribution >= 0.6 is 0 Å². The Morgan fingerprint density at radius 2 is 1.80 bits per heavy atom. The molecule has 0 bridgehead atoms. The molecule has 168 valence electrons. The Kier molecular flexibility index (Phi) is 8.66. The van der Waals surface area contributed by atoms with E-state index in [0.29, 0.717) is 19.6 Å². The number of hydrogen-bond donors (Lipinski definition) is 1. The highest BCUT2D eigenvalue weighted by atomic mass is 32.2. The lowest BCUT2D eigenvalue weighted by Gasteiger charge is -2.23. The Morgan fingerprint density at radius 3 is 2.33 bits per heavy atom. The number of sulfonamides is 1. The first-order chi connectivity index (χ1) is 14.2. The second-order valence-corrected chi connectivity index (χ2v) is 9.66. The first-order valence-corrected chi connectivity index (χ1v) is 11.9. The van der Waals surface area contributed by atoms with Gasteiger partial charge in [-0.25, -0.2) is 8.42 Å². The van der Waals surface area contributed by atoms with Crippen molar-refractivity contribution in [2.45, 2.75) is 57.4 Å². The smallest absolute Gasteiger partial charge is 0.258 e. The van der Waals surface area contributed by atoms with E-state index in [2.05, 4.69) is 5.32 Å². The van der Waals surface area contributed by atoms with Crippen molar-refractivity contribution in [1.29, 1.82) is 0 Å². The summed E-state index contributed by atoms with van der Waals surface area (Å²) in [6.07, 6.45) is 3.69. The van der Waals surface area contributed by atoms with Crippen molar-refractivity contribution < 1.29 is 22.7 Å². The molecule has 0 aromatic heterocycles. The summed E-state index contributed by atoms with van der Waals surface area (Å²) in [7, 11) is -2.28. The highest BCUT2D eigenvalue weighted by Gasteiger charge is 2.28. The molecule has 2 rings (SSSR count). The van der Waals surface area contributed by atoms with Crippen LogP contribution in [0.4, 0.5) is 0 Å². The number of methoxy groups -OCH3 is 1. The fourth-order valence-electron chi connectivity index (χ4n) is 3.48. The van der Waals surface area contributed by atoms with Gasteiger partial charge in [-0.3, -0.25) is 9.59 Å². The van der Waals surface area contributed by atoms with Crippen molar-refractivity contribution >= 4 is 21.8 Å². The molecular formula is C21H33N3O5S. The minimum Gasteiger partial charge on any atom is -0.496 e. The molecule has 0 atom stereocenters. The van der Waals surface area contributed by atoms with Crippen LogP contribution in [0.1, 0.15) is 56.8 Å². The van der Waals surface area contributed by atoms with Crippen LogP contribution in [-0.2, 0) is 14.8 Å². The molecule has 1 aliphatic rings. The normalized spacial score (nSPS) is 15.5. The number of ether oxygens (including phenoxy) is 1. The molecule has 0 spiro atoms. The van der Waals surface area contributed by atoms with Gasteiger partial charge in [0, 0.05) is 25.7 Å². The molecule has 1 aromatic carbocycles. The number of likely N-dealkylation sites (N-methyl/N-ethyl adjacent to an activating group) is 1. The average Bonchev–Trinajstić information content (AvgIpc) is 3.00. The van der Waals surface area contributed by atoms with Crippen molar-refractivity contribution in [2.24, 2.45) is 0 Å². The summed E-state index contributed by atoms with van der Waals surface area (Å²) in [5, 5.41) is 2.76. The second kappa shape index (κ2) is 10.8. The van der Waals surface area contributed by atoms with Crippen LogP contribution in [0.15, 0.2) is 23.1 Å². The van der Waals surface area contributed by atoms with Gasteiger partial charge in [-0.05, 0) is 51.8 Å². The van der Waals surface area contributed by atoms with Crippen LogP contribution in [0, 0.1) is 0 Å². The van der Waals surface area contributed by atoms with Crippen molar-refractivity contribution in [3.8, 4) is 5.75 Å². The summed E-state index contributed by atoms with van der Waals surface area (Å²) in [6, 6.07) is 4.30. The molecule has 1 aliphatic heterocycles. The van der Waals surface area contributed by atoms with Crippen molar-refractivity contribution in [2.75, 3.05) is 33.3 Å². The SMILES string of the molecule is CCN(CC(=O)NC(C)C)C(=O)c1cc(S(=O)(=O)N2CCCCCC2)ccc1OC. The van der Waals surface area contributed by atoms with Crippen LogP contribution in [0.3, 0.4) is 0 Å². The second-order valence-electron chi connectivity index (χ2n) is 7.72. The quantitative estimate of drug-likeness (QED) is 0.670. The number of carbonyl (C=O) groups excluding carboxylic acids is 2. The fraction of sp³-hybridized carbons (Fsp3) is 0.619. The van der Waals surface area contributed by atoms with Gasteiger partial charge in [-0.1, -0.05) is 12.8 Å². The van der Waals surface area contributed by atoms with Crippen molar-refractivity contribution in [1.82, 2.24) is 14.5 Å². The number of amides is 2. The lowest BCUT2D eigenvalue weighted by atomic mass is 10.1. The first kappa shape index (κ1) is 24.1. The Morgan fingerprint density at radius 1 is 1.17 bits per heavy atom. The van der Waals surface area contributed by atoms with Crippen LogP contribution in [0.2, 0.25) is 0 Å². The predicted molar refractivity (Wildman–Crippen MR) is 115 cm³/mol. The van der Waals surface area contributed by atoms with Gasteiger partial charge in [0.1, 0.15) is 5.75 Å². The third kappa shape index (κ3) is 5.95. The van der Waals surface area contributed by atoms with Gasteiger partial charge >= 0.3 is 0 Å². The number of nitrogens with one attached hydrogen (secondary N) is 1. The van der Waals surface area contributed by atoms with E-state index in [1.807, 2.05) is 13.8 Å².